The highest BCUT2D eigenvalue weighted by molar-refractivity contribution is 5.85. The van der Waals surface area contributed by atoms with Crippen molar-refractivity contribution >= 4 is 23.4 Å². The lowest BCUT2D eigenvalue weighted by atomic mass is 10.2. The maximum absolute atomic E-state index is 11.8. The minimum Gasteiger partial charge on any atom is -0.594 e. The summed E-state index contributed by atoms with van der Waals surface area (Å²) in [6.07, 6.45) is 1.68. The molecule has 1 saturated heterocycles. The van der Waals surface area contributed by atoms with Crippen molar-refractivity contribution < 1.29 is 9.58 Å². The van der Waals surface area contributed by atoms with Crippen LogP contribution in [-0.2, 0) is 11.2 Å². The van der Waals surface area contributed by atoms with E-state index < -0.39 is 0 Å². The van der Waals surface area contributed by atoms with Crippen molar-refractivity contribution in [2.45, 2.75) is 12.8 Å². The Hall–Kier alpha value is -1.50. The number of halogens is 1. The van der Waals surface area contributed by atoms with Gasteiger partial charge in [0.25, 0.3) is 5.52 Å². The van der Waals surface area contributed by atoms with Crippen LogP contribution in [0, 0.1) is 5.21 Å². The van der Waals surface area contributed by atoms with Gasteiger partial charge >= 0.3 is 0 Å². The van der Waals surface area contributed by atoms with E-state index >= 15 is 0 Å². The number of para-hydroxylation sites is 2. The van der Waals surface area contributed by atoms with Crippen molar-refractivity contribution in [1.29, 1.82) is 0 Å². The number of hydrogen-bond acceptors (Lipinski definition) is 5. The van der Waals surface area contributed by atoms with Gasteiger partial charge in [0.2, 0.25) is 0 Å². The summed E-state index contributed by atoms with van der Waals surface area (Å²) in [4.78, 5) is 7.49. The van der Waals surface area contributed by atoms with Gasteiger partial charge in [-0.2, -0.15) is 0 Å². The van der Waals surface area contributed by atoms with Crippen LogP contribution in [0.1, 0.15) is 12.2 Å². The van der Waals surface area contributed by atoms with Crippen LogP contribution >= 0.6 is 12.4 Å². The minimum absolute atomic E-state index is 0. The smallest absolute Gasteiger partial charge is 0.270 e. The van der Waals surface area contributed by atoms with Gasteiger partial charge in [0.15, 0.2) is 5.82 Å². The maximum Gasteiger partial charge on any atom is 0.270 e. The van der Waals surface area contributed by atoms with E-state index in [0.29, 0.717) is 21.7 Å². The number of nitrogens with zero attached hydrogens (tertiary/aromatic N) is 4. The van der Waals surface area contributed by atoms with Gasteiger partial charge in [0.05, 0.1) is 13.2 Å². The van der Waals surface area contributed by atoms with Crippen molar-refractivity contribution in [1.82, 2.24) is 15.0 Å². The standard InChI is InChI=1S/C14H18N4O2.ClH/c19-18-13-5-2-1-4-12(13)15-14(16-18)6-3-7-17-8-10-20-11-9-17;/h1-2,4-5H,3,6-11H2;1H. The molecule has 7 heteroatoms. The first-order chi connectivity index (χ1) is 9.83. The van der Waals surface area contributed by atoms with Crippen LogP contribution in [0.15, 0.2) is 24.3 Å². The second kappa shape index (κ2) is 7.49. The molecule has 6 nitrogen and oxygen atoms in total. The number of benzene rings is 1. The molecule has 1 aliphatic rings. The molecule has 0 radical (unpaired) electrons. The number of ether oxygens (including phenoxy) is 1. The Bertz CT molecular complexity index is 590. The normalized spacial score (nSPS) is 15.8. The van der Waals surface area contributed by atoms with Gasteiger partial charge < -0.3 is 9.94 Å². The summed E-state index contributed by atoms with van der Waals surface area (Å²) < 4.78 is 5.32. The van der Waals surface area contributed by atoms with Crippen LogP contribution in [0.2, 0.25) is 0 Å². The maximum atomic E-state index is 11.8. The Morgan fingerprint density at radius 1 is 1.24 bits per heavy atom. The number of rotatable bonds is 4. The molecule has 114 valence electrons. The average molecular weight is 311 g/mol. The van der Waals surface area contributed by atoms with E-state index in [4.69, 9.17) is 4.74 Å². The van der Waals surface area contributed by atoms with Crippen LogP contribution in [0.3, 0.4) is 0 Å². The predicted molar refractivity (Wildman–Crippen MR) is 81.3 cm³/mol. The lowest BCUT2D eigenvalue weighted by Crippen LogP contribution is -2.37. The van der Waals surface area contributed by atoms with Crippen LogP contribution < -0.4 is 4.85 Å². The van der Waals surface area contributed by atoms with Gasteiger partial charge in [0.1, 0.15) is 5.52 Å². The van der Waals surface area contributed by atoms with Crippen molar-refractivity contribution in [3.63, 3.8) is 0 Å². The third-order valence-electron chi connectivity index (χ3n) is 3.52. The molecular formula is C14H19ClN4O2. The lowest BCUT2D eigenvalue weighted by molar-refractivity contribution is -0.644. The van der Waals surface area contributed by atoms with E-state index in [0.717, 1.165) is 45.7 Å². The van der Waals surface area contributed by atoms with Gasteiger partial charge in [-0.15, -0.1) is 12.4 Å². The molecule has 1 aromatic heterocycles. The largest absolute Gasteiger partial charge is 0.594 e. The lowest BCUT2D eigenvalue weighted by Gasteiger charge is -2.26. The fourth-order valence-electron chi connectivity index (χ4n) is 2.43. The van der Waals surface area contributed by atoms with E-state index in [-0.39, 0.29) is 12.4 Å². The zero-order valence-corrected chi connectivity index (χ0v) is 12.6. The summed E-state index contributed by atoms with van der Waals surface area (Å²) in [6, 6.07) is 7.28. The van der Waals surface area contributed by atoms with Crippen molar-refractivity contribution in [3.8, 4) is 0 Å². The molecule has 0 bridgehead atoms. The minimum atomic E-state index is 0. The van der Waals surface area contributed by atoms with E-state index in [2.05, 4.69) is 15.0 Å². The molecule has 1 aliphatic heterocycles. The van der Waals surface area contributed by atoms with E-state index in [9.17, 15) is 5.21 Å². The third kappa shape index (κ3) is 4.00. The molecule has 0 N–H and O–H groups in total. The Labute approximate surface area is 129 Å². The van der Waals surface area contributed by atoms with Crippen molar-refractivity contribution in [2.75, 3.05) is 32.8 Å². The summed E-state index contributed by atoms with van der Waals surface area (Å²) in [7, 11) is 0. The highest BCUT2D eigenvalue weighted by Gasteiger charge is 2.12. The molecule has 0 aliphatic carbocycles. The van der Waals surface area contributed by atoms with E-state index in [1.54, 1.807) is 6.07 Å². The number of hydrogen-bond donors (Lipinski definition) is 0. The molecule has 0 saturated carbocycles. The quantitative estimate of drug-likeness (QED) is 0.621. The van der Waals surface area contributed by atoms with Crippen molar-refractivity contribution in [3.05, 3.63) is 35.3 Å². The number of morpholine rings is 1. The highest BCUT2D eigenvalue weighted by Crippen LogP contribution is 2.07. The molecule has 0 atom stereocenters. The molecule has 3 rings (SSSR count). The summed E-state index contributed by atoms with van der Waals surface area (Å²) in [5, 5.41) is 15.8. The zero-order chi connectivity index (χ0) is 13.8. The Kier molecular flexibility index (Phi) is 5.67. The first kappa shape index (κ1) is 15.9. The summed E-state index contributed by atoms with van der Waals surface area (Å²) in [5.41, 5.74) is 1.23. The molecule has 21 heavy (non-hydrogen) atoms. The fraction of sp³-hybridized carbons (Fsp3) is 0.500. The highest BCUT2D eigenvalue weighted by atomic mass is 35.5. The van der Waals surface area contributed by atoms with E-state index in [1.807, 2.05) is 18.2 Å². The van der Waals surface area contributed by atoms with Crippen LogP contribution in [0.25, 0.3) is 11.0 Å². The molecule has 0 spiro atoms. The molecule has 1 aromatic carbocycles. The summed E-state index contributed by atoms with van der Waals surface area (Å²) >= 11 is 0. The fourth-order valence-corrected chi connectivity index (χ4v) is 2.43. The molecule has 0 amide bonds. The van der Waals surface area contributed by atoms with Gasteiger partial charge in [-0.1, -0.05) is 12.1 Å². The van der Waals surface area contributed by atoms with Gasteiger partial charge in [-0.25, -0.2) is 4.98 Å². The third-order valence-corrected chi connectivity index (χ3v) is 3.52. The van der Waals surface area contributed by atoms with E-state index in [1.165, 1.54) is 0 Å². The van der Waals surface area contributed by atoms with Crippen LogP contribution in [0.5, 0.6) is 0 Å². The average Bonchev–Trinajstić information content (AvgIpc) is 2.48. The first-order valence-electron chi connectivity index (χ1n) is 6.98. The Morgan fingerprint density at radius 3 is 2.81 bits per heavy atom. The second-order valence-electron chi connectivity index (χ2n) is 4.95. The second-order valence-corrected chi connectivity index (χ2v) is 4.95. The molecule has 0 unspecified atom stereocenters. The summed E-state index contributed by atoms with van der Waals surface area (Å²) in [5.74, 6) is 0.618. The SMILES string of the molecule is Cl.[O-][n+]1nc(CCCN2CCOCC2)nc2ccccc21. The predicted octanol–water partition coefficient (Wildman–Crippen LogP) is 0.950. The monoisotopic (exact) mass is 310 g/mol. The van der Waals surface area contributed by atoms with Crippen LogP contribution in [-0.4, -0.2) is 47.8 Å². The van der Waals surface area contributed by atoms with Gasteiger partial charge in [-0.3, -0.25) is 4.90 Å². The first-order valence-corrected chi connectivity index (χ1v) is 6.98. The number of fused-ring (bicyclic) bond motifs is 1. The van der Waals surface area contributed by atoms with Gasteiger partial charge in [-0.05, 0) is 23.9 Å². The Balaban J connectivity index is 0.00000161. The summed E-state index contributed by atoms with van der Waals surface area (Å²) in [6.45, 7) is 4.60. The molecule has 2 heterocycles. The van der Waals surface area contributed by atoms with Gasteiger partial charge in [0, 0.05) is 30.7 Å². The molecular weight excluding hydrogens is 292 g/mol. The number of aromatic nitrogens is 3. The zero-order valence-electron chi connectivity index (χ0n) is 11.8. The Morgan fingerprint density at radius 2 is 2.00 bits per heavy atom. The van der Waals surface area contributed by atoms with Crippen molar-refractivity contribution in [2.24, 2.45) is 0 Å². The van der Waals surface area contributed by atoms with Crippen LogP contribution in [0.4, 0.5) is 0 Å². The topological polar surface area (TPSA) is 65.2 Å². The molecule has 2 aromatic rings. The molecule has 1 fully saturated rings. The number of aryl methyl sites for hydroxylation is 1.